The number of aliphatic hydroxyl groups is 1. The maximum Gasteiger partial charge on any atom is 0.0822 e. The maximum atomic E-state index is 8.98. The molecule has 0 amide bonds. The van der Waals surface area contributed by atoms with Gasteiger partial charge in [0.25, 0.3) is 0 Å². The van der Waals surface area contributed by atoms with Crippen molar-refractivity contribution < 1.29 is 5.11 Å². The van der Waals surface area contributed by atoms with Crippen molar-refractivity contribution >= 4 is 17.3 Å². The van der Waals surface area contributed by atoms with Crippen LogP contribution in [0.1, 0.15) is 19.3 Å². The molecule has 0 saturated carbocycles. The minimum atomic E-state index is 0.280. The van der Waals surface area contributed by atoms with Crippen molar-refractivity contribution in [3.05, 3.63) is 23.5 Å². The lowest BCUT2D eigenvalue weighted by molar-refractivity contribution is 0.244. The van der Waals surface area contributed by atoms with E-state index in [0.717, 1.165) is 25.2 Å². The second-order valence-corrected chi connectivity index (χ2v) is 4.70. The third-order valence-electron chi connectivity index (χ3n) is 3.15. The van der Waals surface area contributed by atoms with Gasteiger partial charge in [0.2, 0.25) is 0 Å². The minimum Gasteiger partial charge on any atom is -0.396 e. The average Bonchev–Trinajstić information content (AvgIpc) is 2.30. The zero-order valence-corrected chi connectivity index (χ0v) is 10.0. The molecule has 16 heavy (non-hydrogen) atoms. The van der Waals surface area contributed by atoms with E-state index in [2.05, 4.69) is 9.88 Å². The molecule has 1 aromatic heterocycles. The molecule has 88 valence electrons. The average molecular weight is 241 g/mol. The number of aliphatic hydroxyl groups excluding tert-OH is 1. The van der Waals surface area contributed by atoms with Gasteiger partial charge in [0.1, 0.15) is 0 Å². The summed E-state index contributed by atoms with van der Waals surface area (Å²) in [6.45, 7) is 2.32. The molecule has 1 fully saturated rings. The molecule has 0 bridgehead atoms. The summed E-state index contributed by atoms with van der Waals surface area (Å²) in [6.07, 6.45) is 6.73. The summed E-state index contributed by atoms with van der Waals surface area (Å²) < 4.78 is 0. The quantitative estimate of drug-likeness (QED) is 0.881. The molecular weight excluding hydrogens is 224 g/mol. The summed E-state index contributed by atoms with van der Waals surface area (Å²) in [6, 6.07) is 1.96. The number of nitrogens with zero attached hydrogens (tertiary/aromatic N) is 2. The summed E-state index contributed by atoms with van der Waals surface area (Å²) in [4.78, 5) is 6.30. The Morgan fingerprint density at radius 2 is 2.44 bits per heavy atom. The first-order valence-electron chi connectivity index (χ1n) is 5.76. The first-order valence-corrected chi connectivity index (χ1v) is 6.14. The third kappa shape index (κ3) is 2.66. The standard InChI is InChI=1S/C12H17ClN2O/c13-11-8-14-5-3-12(11)15-6-1-2-10(9-15)4-7-16/h3,5,8,10,16H,1-2,4,6-7,9H2. The zero-order chi connectivity index (χ0) is 11.4. The molecular formula is C12H17ClN2O. The van der Waals surface area contributed by atoms with Gasteiger partial charge < -0.3 is 10.0 Å². The van der Waals surface area contributed by atoms with Crippen molar-refractivity contribution in [2.45, 2.75) is 19.3 Å². The summed E-state index contributed by atoms with van der Waals surface area (Å²) >= 11 is 6.13. The summed E-state index contributed by atoms with van der Waals surface area (Å²) in [5.74, 6) is 0.586. The highest BCUT2D eigenvalue weighted by molar-refractivity contribution is 6.33. The number of pyridine rings is 1. The lowest BCUT2D eigenvalue weighted by atomic mass is 9.95. The van der Waals surface area contributed by atoms with E-state index in [4.69, 9.17) is 16.7 Å². The molecule has 1 N–H and O–H groups in total. The highest BCUT2D eigenvalue weighted by atomic mass is 35.5. The van der Waals surface area contributed by atoms with E-state index >= 15 is 0 Å². The Morgan fingerprint density at radius 1 is 1.56 bits per heavy atom. The van der Waals surface area contributed by atoms with Crippen LogP contribution in [0.25, 0.3) is 0 Å². The van der Waals surface area contributed by atoms with Gasteiger partial charge in [-0.1, -0.05) is 11.6 Å². The van der Waals surface area contributed by atoms with E-state index in [9.17, 15) is 0 Å². The first kappa shape index (κ1) is 11.7. The Bertz CT molecular complexity index is 344. The number of halogens is 1. The topological polar surface area (TPSA) is 36.4 Å². The van der Waals surface area contributed by atoms with Gasteiger partial charge in [0.15, 0.2) is 0 Å². The smallest absolute Gasteiger partial charge is 0.0822 e. The molecule has 0 spiro atoms. The second-order valence-electron chi connectivity index (χ2n) is 4.29. The SMILES string of the molecule is OCCC1CCCN(c2ccncc2Cl)C1. The minimum absolute atomic E-state index is 0.280. The van der Waals surface area contributed by atoms with Crippen LogP contribution in [0.15, 0.2) is 18.5 Å². The van der Waals surface area contributed by atoms with Crippen molar-refractivity contribution in [3.63, 3.8) is 0 Å². The summed E-state index contributed by atoms with van der Waals surface area (Å²) in [5.41, 5.74) is 1.07. The van der Waals surface area contributed by atoms with Gasteiger partial charge in [0, 0.05) is 32.1 Å². The van der Waals surface area contributed by atoms with E-state index in [1.807, 2.05) is 6.07 Å². The molecule has 1 aliphatic heterocycles. The van der Waals surface area contributed by atoms with E-state index in [1.165, 1.54) is 12.8 Å². The Morgan fingerprint density at radius 3 is 3.19 bits per heavy atom. The molecule has 2 heterocycles. The van der Waals surface area contributed by atoms with Crippen LogP contribution in [0.5, 0.6) is 0 Å². The molecule has 0 aromatic carbocycles. The fraction of sp³-hybridized carbons (Fsp3) is 0.583. The van der Waals surface area contributed by atoms with Crippen molar-refractivity contribution in [1.82, 2.24) is 4.98 Å². The number of piperidine rings is 1. The molecule has 0 radical (unpaired) electrons. The van der Waals surface area contributed by atoms with Crippen molar-refractivity contribution in [1.29, 1.82) is 0 Å². The van der Waals surface area contributed by atoms with Crippen LogP contribution in [-0.2, 0) is 0 Å². The number of rotatable bonds is 3. The number of hydrogen-bond acceptors (Lipinski definition) is 3. The van der Waals surface area contributed by atoms with Gasteiger partial charge in [-0.2, -0.15) is 0 Å². The van der Waals surface area contributed by atoms with Crippen LogP contribution in [0.4, 0.5) is 5.69 Å². The second kappa shape index (κ2) is 5.51. The van der Waals surface area contributed by atoms with Crippen LogP contribution in [0.3, 0.4) is 0 Å². The Balaban J connectivity index is 2.07. The van der Waals surface area contributed by atoms with Gasteiger partial charge in [-0.15, -0.1) is 0 Å². The molecule has 1 aliphatic rings. The molecule has 4 heteroatoms. The molecule has 0 aliphatic carbocycles. The fourth-order valence-electron chi connectivity index (χ4n) is 2.33. The van der Waals surface area contributed by atoms with Crippen molar-refractivity contribution in [2.24, 2.45) is 5.92 Å². The first-order chi connectivity index (χ1) is 7.81. The number of aromatic nitrogens is 1. The predicted octanol–water partition coefficient (Wildman–Crippen LogP) is 2.33. The predicted molar refractivity (Wildman–Crippen MR) is 65.9 cm³/mol. The molecule has 1 saturated heterocycles. The third-order valence-corrected chi connectivity index (χ3v) is 3.44. The summed E-state index contributed by atoms with van der Waals surface area (Å²) in [7, 11) is 0. The molecule has 1 atom stereocenters. The number of anilines is 1. The van der Waals surface area contributed by atoms with Crippen LogP contribution < -0.4 is 4.90 Å². The lowest BCUT2D eigenvalue weighted by Crippen LogP contribution is -2.35. The van der Waals surface area contributed by atoms with E-state index in [0.29, 0.717) is 10.9 Å². The highest BCUT2D eigenvalue weighted by Crippen LogP contribution is 2.29. The van der Waals surface area contributed by atoms with Crippen LogP contribution >= 0.6 is 11.6 Å². The highest BCUT2D eigenvalue weighted by Gasteiger charge is 2.20. The van der Waals surface area contributed by atoms with Crippen LogP contribution in [0.2, 0.25) is 5.02 Å². The maximum absolute atomic E-state index is 8.98. The van der Waals surface area contributed by atoms with Gasteiger partial charge in [0.05, 0.1) is 10.7 Å². The largest absolute Gasteiger partial charge is 0.396 e. The molecule has 1 aromatic rings. The van der Waals surface area contributed by atoms with Gasteiger partial charge >= 0.3 is 0 Å². The zero-order valence-electron chi connectivity index (χ0n) is 9.27. The van der Waals surface area contributed by atoms with Gasteiger partial charge in [-0.05, 0) is 31.2 Å². The molecule has 3 nitrogen and oxygen atoms in total. The van der Waals surface area contributed by atoms with E-state index in [-0.39, 0.29) is 6.61 Å². The van der Waals surface area contributed by atoms with Crippen molar-refractivity contribution in [2.75, 3.05) is 24.6 Å². The fourth-order valence-corrected chi connectivity index (χ4v) is 2.57. The van der Waals surface area contributed by atoms with Gasteiger partial charge in [-0.25, -0.2) is 0 Å². The Kier molecular flexibility index (Phi) is 4.02. The Labute approximate surface area is 101 Å². The van der Waals surface area contributed by atoms with Crippen LogP contribution in [-0.4, -0.2) is 29.8 Å². The van der Waals surface area contributed by atoms with Crippen molar-refractivity contribution in [3.8, 4) is 0 Å². The monoisotopic (exact) mass is 240 g/mol. The molecule has 1 unspecified atom stereocenters. The Hall–Kier alpha value is -0.800. The number of hydrogen-bond donors (Lipinski definition) is 1. The van der Waals surface area contributed by atoms with E-state index in [1.54, 1.807) is 12.4 Å². The molecule has 2 rings (SSSR count). The lowest BCUT2D eigenvalue weighted by Gasteiger charge is -2.34. The summed E-state index contributed by atoms with van der Waals surface area (Å²) in [5, 5.41) is 9.69. The van der Waals surface area contributed by atoms with Gasteiger partial charge in [-0.3, -0.25) is 4.98 Å². The van der Waals surface area contributed by atoms with Crippen LogP contribution in [0, 0.1) is 5.92 Å². The van der Waals surface area contributed by atoms with E-state index < -0.39 is 0 Å². The normalized spacial score (nSPS) is 21.1.